The molecule has 4 rings (SSSR count). The minimum atomic E-state index is -3.43. The Morgan fingerprint density at radius 3 is 2.47 bits per heavy atom. The number of aromatic hydroxyl groups is 1. The number of aromatic nitrogens is 2. The first kappa shape index (κ1) is 24.5. The summed E-state index contributed by atoms with van der Waals surface area (Å²) >= 11 is 0. The number of hydrogen-bond acceptors (Lipinski definition) is 7. The van der Waals surface area contributed by atoms with Crippen molar-refractivity contribution in [1.82, 2.24) is 18.6 Å². The predicted octanol–water partition coefficient (Wildman–Crippen LogP) is 1.17. The van der Waals surface area contributed by atoms with Gasteiger partial charge in [-0.2, -0.15) is 22.0 Å². The third kappa shape index (κ3) is 5.04. The summed E-state index contributed by atoms with van der Waals surface area (Å²) in [4.78, 5) is 21.4. The second-order valence-corrected chi connectivity index (χ2v) is 11.2. The van der Waals surface area contributed by atoms with Crippen LogP contribution < -0.4 is 10.2 Å². The molecular weight excluding hydrogens is 460 g/mol. The molecule has 186 valence electrons. The summed E-state index contributed by atoms with van der Waals surface area (Å²) in [6.45, 7) is 2.52. The number of likely N-dealkylation sites (N-methyl/N-ethyl adjacent to an activating group) is 2. The molecule has 1 aromatic heterocycles. The molecule has 11 nitrogen and oxygen atoms in total. The number of carbonyl (C=O) groups is 1. The highest BCUT2D eigenvalue weighted by Crippen LogP contribution is 2.35. The van der Waals surface area contributed by atoms with E-state index < -0.39 is 16.1 Å². The molecule has 2 saturated heterocycles. The zero-order valence-corrected chi connectivity index (χ0v) is 20.3. The van der Waals surface area contributed by atoms with E-state index in [0.29, 0.717) is 24.7 Å². The smallest absolute Gasteiger partial charge is 0.291 e. The Kier molecular flexibility index (Phi) is 7.12. The van der Waals surface area contributed by atoms with Crippen molar-refractivity contribution in [2.24, 2.45) is 5.92 Å². The van der Waals surface area contributed by atoms with Crippen molar-refractivity contribution in [1.29, 1.82) is 0 Å². The number of nitrogens with zero attached hydrogens (tertiary/aromatic N) is 4. The Morgan fingerprint density at radius 1 is 1.21 bits per heavy atom. The van der Waals surface area contributed by atoms with Gasteiger partial charge in [-0.05, 0) is 42.9 Å². The summed E-state index contributed by atoms with van der Waals surface area (Å²) in [6, 6.07) is 5.79. The molecule has 1 amide bonds. The molecule has 0 radical (unpaired) electrons. The van der Waals surface area contributed by atoms with Crippen LogP contribution in [0.1, 0.15) is 41.4 Å². The van der Waals surface area contributed by atoms with E-state index >= 15 is 0 Å². The van der Waals surface area contributed by atoms with Crippen LogP contribution in [0.3, 0.4) is 0 Å². The first-order valence-corrected chi connectivity index (χ1v) is 12.8. The number of H-pyrrole nitrogens is 1. The van der Waals surface area contributed by atoms with Crippen LogP contribution in [-0.4, -0.2) is 90.0 Å². The molecule has 4 N–H and O–H groups in total. The number of aromatic amines is 1. The van der Waals surface area contributed by atoms with E-state index in [1.54, 1.807) is 14.1 Å². The van der Waals surface area contributed by atoms with Crippen LogP contribution in [0, 0.1) is 5.92 Å². The van der Waals surface area contributed by atoms with Crippen molar-refractivity contribution in [3.63, 3.8) is 0 Å². The summed E-state index contributed by atoms with van der Waals surface area (Å²) in [6.07, 6.45) is 3.92. The van der Waals surface area contributed by atoms with E-state index in [9.17, 15) is 23.4 Å². The molecule has 2 fully saturated rings. The number of aliphatic hydroxyl groups is 1. The standard InChI is InChI=1S/C22H32N6O5S/c1-26-13-17(14-27(2)34(26,32)33)16-3-4-18(24-22(31)21-23-12-20(30)25-21)19(11-16)28-8-5-15(6-9-28)7-10-29/h3-4,11-12,15,17,29-30H,5-10,13-14H2,1-2H3,(H,23,25)(H,24,31). The Morgan fingerprint density at radius 2 is 1.88 bits per heavy atom. The first-order valence-electron chi connectivity index (χ1n) is 11.4. The Balaban J connectivity index is 1.61. The first-order chi connectivity index (χ1) is 16.2. The van der Waals surface area contributed by atoms with Crippen molar-refractivity contribution in [3.8, 4) is 5.88 Å². The molecule has 0 atom stereocenters. The highest BCUT2D eigenvalue weighted by atomic mass is 32.2. The molecular formula is C22H32N6O5S. The summed E-state index contributed by atoms with van der Waals surface area (Å²) in [5.41, 5.74) is 2.48. The van der Waals surface area contributed by atoms with Crippen molar-refractivity contribution >= 4 is 27.5 Å². The molecule has 0 saturated carbocycles. The van der Waals surface area contributed by atoms with Crippen LogP contribution in [0.2, 0.25) is 0 Å². The quantitative estimate of drug-likeness (QED) is 0.474. The van der Waals surface area contributed by atoms with E-state index in [1.807, 2.05) is 18.2 Å². The second-order valence-electron chi connectivity index (χ2n) is 9.05. The van der Waals surface area contributed by atoms with Gasteiger partial charge in [-0.3, -0.25) is 4.79 Å². The molecule has 0 spiro atoms. The van der Waals surface area contributed by atoms with Crippen molar-refractivity contribution < 1.29 is 23.4 Å². The molecule has 3 heterocycles. The number of benzene rings is 1. The van der Waals surface area contributed by atoms with Gasteiger partial charge >= 0.3 is 0 Å². The maximum atomic E-state index is 12.7. The minimum Gasteiger partial charge on any atom is -0.492 e. The molecule has 2 aromatic rings. The van der Waals surface area contributed by atoms with E-state index in [4.69, 9.17) is 0 Å². The maximum Gasteiger partial charge on any atom is 0.291 e. The lowest BCUT2D eigenvalue weighted by molar-refractivity contribution is 0.101. The number of amides is 1. The maximum absolute atomic E-state index is 12.7. The zero-order chi connectivity index (χ0) is 24.5. The van der Waals surface area contributed by atoms with Crippen molar-refractivity contribution in [2.75, 3.05) is 57.1 Å². The van der Waals surface area contributed by atoms with E-state index in [0.717, 1.165) is 43.6 Å². The van der Waals surface area contributed by atoms with Crippen LogP contribution >= 0.6 is 0 Å². The number of imidazole rings is 1. The average molecular weight is 493 g/mol. The van der Waals surface area contributed by atoms with Gasteiger partial charge in [-0.15, -0.1) is 0 Å². The lowest BCUT2D eigenvalue weighted by Gasteiger charge is -2.37. The number of anilines is 2. The molecule has 0 unspecified atom stereocenters. The largest absolute Gasteiger partial charge is 0.492 e. The van der Waals surface area contributed by atoms with Gasteiger partial charge < -0.3 is 25.4 Å². The topological polar surface area (TPSA) is 142 Å². The zero-order valence-electron chi connectivity index (χ0n) is 19.4. The molecule has 34 heavy (non-hydrogen) atoms. The van der Waals surface area contributed by atoms with E-state index in [1.165, 1.54) is 14.8 Å². The second kappa shape index (κ2) is 9.90. The number of carbonyl (C=O) groups excluding carboxylic acids is 1. The fourth-order valence-corrected chi connectivity index (χ4v) is 5.95. The summed E-state index contributed by atoms with van der Waals surface area (Å²) < 4.78 is 27.4. The van der Waals surface area contributed by atoms with Crippen LogP contribution in [-0.2, 0) is 10.2 Å². The number of rotatable bonds is 6. The van der Waals surface area contributed by atoms with Crippen LogP contribution in [0.4, 0.5) is 11.4 Å². The Labute approximate surface area is 199 Å². The van der Waals surface area contributed by atoms with Gasteiger partial charge in [0.25, 0.3) is 16.1 Å². The van der Waals surface area contributed by atoms with Gasteiger partial charge in [0.1, 0.15) is 0 Å². The summed E-state index contributed by atoms with van der Waals surface area (Å²) in [5, 5.41) is 21.6. The summed E-state index contributed by atoms with van der Waals surface area (Å²) in [5.74, 6) is -0.259. The van der Waals surface area contributed by atoms with Crippen LogP contribution in [0.15, 0.2) is 24.4 Å². The van der Waals surface area contributed by atoms with Crippen molar-refractivity contribution in [2.45, 2.75) is 25.2 Å². The SMILES string of the molecule is CN1CC(c2ccc(NC(=O)c3nc(O)c[nH]3)c(N3CCC(CCO)CC3)c2)CN(C)S1(=O)=O. The fourth-order valence-electron chi connectivity index (χ4n) is 4.74. The molecule has 0 aliphatic carbocycles. The van der Waals surface area contributed by atoms with Gasteiger partial charge in [0.2, 0.25) is 5.88 Å². The van der Waals surface area contributed by atoms with Gasteiger partial charge in [-0.25, -0.2) is 0 Å². The number of nitrogens with one attached hydrogen (secondary N) is 2. The van der Waals surface area contributed by atoms with Gasteiger partial charge in [0.05, 0.1) is 17.6 Å². The highest BCUT2D eigenvalue weighted by molar-refractivity contribution is 7.86. The highest BCUT2D eigenvalue weighted by Gasteiger charge is 2.34. The number of aliphatic hydroxyl groups excluding tert-OH is 1. The van der Waals surface area contributed by atoms with Gasteiger partial charge in [0.15, 0.2) is 5.82 Å². The Bertz CT molecular complexity index is 1110. The lowest BCUT2D eigenvalue weighted by atomic mass is 9.92. The molecule has 2 aliphatic heterocycles. The third-order valence-electron chi connectivity index (χ3n) is 6.76. The monoisotopic (exact) mass is 492 g/mol. The summed E-state index contributed by atoms with van der Waals surface area (Å²) in [7, 11) is -0.265. The molecule has 12 heteroatoms. The fraction of sp³-hybridized carbons (Fsp3) is 0.545. The number of piperidine rings is 1. The number of hydrogen-bond donors (Lipinski definition) is 4. The average Bonchev–Trinajstić information content (AvgIpc) is 3.25. The molecule has 1 aromatic carbocycles. The normalized spacial score (nSPS) is 20.5. The van der Waals surface area contributed by atoms with Crippen LogP contribution in [0.5, 0.6) is 5.88 Å². The predicted molar refractivity (Wildman–Crippen MR) is 128 cm³/mol. The van der Waals surface area contributed by atoms with Gasteiger partial charge in [0, 0.05) is 52.8 Å². The lowest BCUT2D eigenvalue weighted by Crippen LogP contribution is -2.49. The van der Waals surface area contributed by atoms with Crippen molar-refractivity contribution in [3.05, 3.63) is 35.8 Å². The molecule has 0 bridgehead atoms. The van der Waals surface area contributed by atoms with Crippen LogP contribution in [0.25, 0.3) is 0 Å². The molecule has 2 aliphatic rings. The van der Waals surface area contributed by atoms with E-state index in [-0.39, 0.29) is 24.2 Å². The minimum absolute atomic E-state index is 0.00918. The third-order valence-corrected chi connectivity index (χ3v) is 8.63. The Hall–Kier alpha value is -2.67. The van der Waals surface area contributed by atoms with E-state index in [2.05, 4.69) is 20.2 Å². The van der Waals surface area contributed by atoms with Gasteiger partial charge in [-0.1, -0.05) is 6.07 Å².